The highest BCUT2D eigenvalue weighted by molar-refractivity contribution is 7.13. The van der Waals surface area contributed by atoms with Gasteiger partial charge in [-0.2, -0.15) is 5.11 Å². The summed E-state index contributed by atoms with van der Waals surface area (Å²) in [7, 11) is 0. The summed E-state index contributed by atoms with van der Waals surface area (Å²) in [5.74, 6) is 0.257. The molecule has 0 aliphatic heterocycles. The number of hydrogen-bond donors (Lipinski definition) is 1. The number of phenolic OH excluding ortho intramolecular Hbond substituents is 1. The van der Waals surface area contributed by atoms with Crippen molar-refractivity contribution in [1.82, 2.24) is 4.98 Å². The van der Waals surface area contributed by atoms with E-state index in [0.717, 1.165) is 11.3 Å². The van der Waals surface area contributed by atoms with Gasteiger partial charge in [0.1, 0.15) is 5.75 Å². The second-order valence-electron chi connectivity index (χ2n) is 5.75. The van der Waals surface area contributed by atoms with Crippen LogP contribution in [0, 0.1) is 0 Å². The van der Waals surface area contributed by atoms with Crippen LogP contribution in [-0.4, -0.2) is 10.1 Å². The molecule has 1 aromatic heterocycles. The Morgan fingerprint density at radius 1 is 1.20 bits per heavy atom. The molecule has 0 saturated heterocycles. The van der Waals surface area contributed by atoms with Gasteiger partial charge in [0.25, 0.3) is 0 Å². The largest absolute Gasteiger partial charge is 0.508 e. The van der Waals surface area contributed by atoms with E-state index in [1.165, 1.54) is 11.3 Å². The van der Waals surface area contributed by atoms with Crippen LogP contribution in [-0.2, 0) is 5.41 Å². The Hall–Kier alpha value is -1.75. The Balaban J connectivity index is 2.09. The summed E-state index contributed by atoms with van der Waals surface area (Å²) < 4.78 is 0. The first-order valence-electron chi connectivity index (χ1n) is 6.52. The fraction of sp³-hybridized carbons (Fsp3) is 0.400. The Bertz CT molecular complexity index is 596. The molecule has 2 aromatic rings. The van der Waals surface area contributed by atoms with Crippen LogP contribution in [0.1, 0.15) is 45.0 Å². The lowest BCUT2D eigenvalue weighted by molar-refractivity contribution is 0.475. The molecule has 20 heavy (non-hydrogen) atoms. The van der Waals surface area contributed by atoms with Crippen molar-refractivity contribution in [3.05, 3.63) is 40.9 Å². The topological polar surface area (TPSA) is 57.8 Å². The van der Waals surface area contributed by atoms with Gasteiger partial charge in [0, 0.05) is 10.8 Å². The molecular formula is C15H19N3OS. The van der Waals surface area contributed by atoms with Crippen LogP contribution in [0.4, 0.5) is 5.13 Å². The van der Waals surface area contributed by atoms with Gasteiger partial charge in [-0.1, -0.05) is 32.9 Å². The van der Waals surface area contributed by atoms with Crippen molar-refractivity contribution < 1.29 is 5.11 Å². The highest BCUT2D eigenvalue weighted by Gasteiger charge is 2.17. The van der Waals surface area contributed by atoms with Gasteiger partial charge in [-0.05, 0) is 24.6 Å². The van der Waals surface area contributed by atoms with E-state index in [1.807, 2.05) is 24.4 Å². The quantitative estimate of drug-likeness (QED) is 0.809. The molecule has 1 atom stereocenters. The van der Waals surface area contributed by atoms with E-state index in [0.29, 0.717) is 5.13 Å². The first kappa shape index (κ1) is 14.7. The molecule has 0 radical (unpaired) electrons. The van der Waals surface area contributed by atoms with Gasteiger partial charge in [-0.25, -0.2) is 4.98 Å². The van der Waals surface area contributed by atoms with Crippen LogP contribution in [0.25, 0.3) is 0 Å². The number of hydrogen-bond acceptors (Lipinski definition) is 5. The van der Waals surface area contributed by atoms with Gasteiger partial charge in [-0.3, -0.25) is 0 Å². The third kappa shape index (κ3) is 3.63. The van der Waals surface area contributed by atoms with E-state index in [1.54, 1.807) is 12.1 Å². The first-order chi connectivity index (χ1) is 9.36. The summed E-state index contributed by atoms with van der Waals surface area (Å²) >= 11 is 1.50. The number of azo groups is 1. The zero-order chi connectivity index (χ0) is 14.8. The highest BCUT2D eigenvalue weighted by Crippen LogP contribution is 2.29. The molecule has 0 spiro atoms. The molecule has 106 valence electrons. The van der Waals surface area contributed by atoms with Crippen molar-refractivity contribution in [3.63, 3.8) is 0 Å². The Morgan fingerprint density at radius 2 is 1.85 bits per heavy atom. The van der Waals surface area contributed by atoms with Gasteiger partial charge >= 0.3 is 0 Å². The molecular weight excluding hydrogens is 270 g/mol. The maximum absolute atomic E-state index is 9.26. The molecule has 0 aliphatic carbocycles. The SMILES string of the molecule is CC(N=Nc1nc(C(C)(C)C)cs1)c1ccc(O)cc1. The Labute approximate surface area is 123 Å². The van der Waals surface area contributed by atoms with Gasteiger partial charge in [0.2, 0.25) is 5.13 Å². The Kier molecular flexibility index (Phi) is 4.18. The predicted molar refractivity (Wildman–Crippen MR) is 81.9 cm³/mol. The highest BCUT2D eigenvalue weighted by atomic mass is 32.1. The summed E-state index contributed by atoms with van der Waals surface area (Å²) in [5.41, 5.74) is 2.08. The van der Waals surface area contributed by atoms with Gasteiger partial charge < -0.3 is 5.11 Å². The second kappa shape index (κ2) is 5.71. The average Bonchev–Trinajstić information content (AvgIpc) is 2.85. The number of benzene rings is 1. The van der Waals surface area contributed by atoms with E-state index in [2.05, 4.69) is 36.0 Å². The third-order valence-corrected chi connectivity index (χ3v) is 3.68. The molecule has 5 heteroatoms. The summed E-state index contributed by atoms with van der Waals surface area (Å²) in [6.07, 6.45) is 0. The van der Waals surface area contributed by atoms with Crippen molar-refractivity contribution >= 4 is 16.5 Å². The molecule has 2 rings (SSSR count). The summed E-state index contributed by atoms with van der Waals surface area (Å²) in [5, 5.41) is 20.5. The summed E-state index contributed by atoms with van der Waals surface area (Å²) in [4.78, 5) is 4.48. The lowest BCUT2D eigenvalue weighted by Gasteiger charge is -2.13. The number of aromatic hydroxyl groups is 1. The third-order valence-electron chi connectivity index (χ3n) is 2.95. The maximum Gasteiger partial charge on any atom is 0.229 e. The monoisotopic (exact) mass is 289 g/mol. The molecule has 0 amide bonds. The van der Waals surface area contributed by atoms with E-state index >= 15 is 0 Å². The minimum atomic E-state index is -0.0578. The second-order valence-corrected chi connectivity index (χ2v) is 6.58. The normalized spacial score (nSPS) is 13.8. The maximum atomic E-state index is 9.26. The van der Waals surface area contributed by atoms with Crippen molar-refractivity contribution in [1.29, 1.82) is 0 Å². The van der Waals surface area contributed by atoms with Crippen LogP contribution >= 0.6 is 11.3 Å². The molecule has 0 bridgehead atoms. The fourth-order valence-corrected chi connectivity index (χ4v) is 2.48. The van der Waals surface area contributed by atoms with Crippen molar-refractivity contribution in [2.75, 3.05) is 0 Å². The number of thiazole rings is 1. The minimum Gasteiger partial charge on any atom is -0.508 e. The lowest BCUT2D eigenvalue weighted by atomic mass is 9.93. The molecule has 1 unspecified atom stereocenters. The molecule has 1 aromatic carbocycles. The van der Waals surface area contributed by atoms with Crippen molar-refractivity contribution in [3.8, 4) is 5.75 Å². The average molecular weight is 289 g/mol. The van der Waals surface area contributed by atoms with Gasteiger partial charge in [0.05, 0.1) is 11.7 Å². The summed E-state index contributed by atoms with van der Waals surface area (Å²) in [6, 6.07) is 6.95. The fourth-order valence-electron chi connectivity index (χ4n) is 1.61. The van der Waals surface area contributed by atoms with Gasteiger partial charge in [-0.15, -0.1) is 16.5 Å². The van der Waals surface area contributed by atoms with Crippen LogP contribution in [0.5, 0.6) is 5.75 Å². The number of aromatic nitrogens is 1. The molecule has 1 N–H and O–H groups in total. The Morgan fingerprint density at radius 3 is 2.40 bits per heavy atom. The smallest absolute Gasteiger partial charge is 0.229 e. The van der Waals surface area contributed by atoms with Crippen LogP contribution in [0.3, 0.4) is 0 Å². The van der Waals surface area contributed by atoms with Gasteiger partial charge in [0.15, 0.2) is 0 Å². The molecule has 4 nitrogen and oxygen atoms in total. The van der Waals surface area contributed by atoms with E-state index < -0.39 is 0 Å². The van der Waals surface area contributed by atoms with Crippen molar-refractivity contribution in [2.24, 2.45) is 10.2 Å². The van der Waals surface area contributed by atoms with Crippen molar-refractivity contribution in [2.45, 2.75) is 39.2 Å². The first-order valence-corrected chi connectivity index (χ1v) is 7.40. The molecule has 0 fully saturated rings. The zero-order valence-corrected chi connectivity index (χ0v) is 13.0. The molecule has 1 heterocycles. The number of rotatable bonds is 3. The van der Waals surface area contributed by atoms with E-state index in [9.17, 15) is 5.11 Å². The van der Waals surface area contributed by atoms with Crippen LogP contribution in [0.2, 0.25) is 0 Å². The summed E-state index contributed by atoms with van der Waals surface area (Å²) in [6.45, 7) is 8.35. The lowest BCUT2D eigenvalue weighted by Crippen LogP contribution is -2.10. The van der Waals surface area contributed by atoms with E-state index in [4.69, 9.17) is 0 Å². The number of nitrogens with zero attached hydrogens (tertiary/aromatic N) is 3. The molecule has 0 saturated carbocycles. The zero-order valence-electron chi connectivity index (χ0n) is 12.2. The minimum absolute atomic E-state index is 0.0346. The molecule has 0 aliphatic rings. The van der Waals surface area contributed by atoms with Crippen LogP contribution < -0.4 is 0 Å². The van der Waals surface area contributed by atoms with Crippen LogP contribution in [0.15, 0.2) is 39.9 Å². The van der Waals surface area contributed by atoms with E-state index in [-0.39, 0.29) is 17.2 Å². The standard InChI is InChI=1S/C15H19N3OS/c1-10(11-5-7-12(19)8-6-11)17-18-14-16-13(9-20-14)15(2,3)4/h5-10,19H,1-4H3. The number of phenols is 1. The predicted octanol–water partition coefficient (Wildman–Crippen LogP) is 4.99.